The van der Waals surface area contributed by atoms with Gasteiger partial charge in [-0.05, 0) is 42.8 Å². The number of hydrogen-bond acceptors (Lipinski definition) is 5. The predicted molar refractivity (Wildman–Crippen MR) is 84.4 cm³/mol. The zero-order valence-electron chi connectivity index (χ0n) is 12.7. The number of rotatable bonds is 6. The van der Waals surface area contributed by atoms with Crippen LogP contribution in [0.5, 0.6) is 0 Å². The number of nitrogens with one attached hydrogen (secondary N) is 1. The number of nitrogens with zero attached hydrogens (tertiary/aromatic N) is 4. The predicted octanol–water partition coefficient (Wildman–Crippen LogP) is 2.76. The number of aryl methyl sites for hydroxylation is 1. The Hall–Kier alpha value is -1.40. The summed E-state index contributed by atoms with van der Waals surface area (Å²) in [5.41, 5.74) is 2.58. The van der Waals surface area contributed by atoms with E-state index in [0.717, 1.165) is 5.16 Å². The minimum absolute atomic E-state index is 0.278. The lowest BCUT2D eigenvalue weighted by Gasteiger charge is -2.23. The van der Waals surface area contributed by atoms with E-state index >= 15 is 0 Å². The maximum Gasteiger partial charge on any atom is 0.209 e. The van der Waals surface area contributed by atoms with Gasteiger partial charge in [0.15, 0.2) is 0 Å². The molecule has 1 fully saturated rings. The maximum atomic E-state index is 4.18. The summed E-state index contributed by atoms with van der Waals surface area (Å²) >= 11 is 1.74. The number of thioether (sulfide) groups is 1. The van der Waals surface area contributed by atoms with Crippen molar-refractivity contribution in [3.8, 4) is 0 Å². The van der Waals surface area contributed by atoms with E-state index in [1.807, 2.05) is 11.7 Å². The maximum absolute atomic E-state index is 4.18. The van der Waals surface area contributed by atoms with Crippen LogP contribution >= 0.6 is 11.8 Å². The molecule has 1 heterocycles. The summed E-state index contributed by atoms with van der Waals surface area (Å²) < 4.78 is 1.98. The topological polar surface area (TPSA) is 55.6 Å². The van der Waals surface area contributed by atoms with Crippen LogP contribution in [0.15, 0.2) is 29.4 Å². The van der Waals surface area contributed by atoms with E-state index in [1.54, 1.807) is 11.8 Å². The molecular weight excluding hydrogens is 282 g/mol. The van der Waals surface area contributed by atoms with Crippen LogP contribution in [0.2, 0.25) is 0 Å². The normalized spacial score (nSPS) is 17.7. The zero-order valence-corrected chi connectivity index (χ0v) is 13.5. The van der Waals surface area contributed by atoms with Crippen molar-refractivity contribution >= 4 is 11.8 Å². The largest absolute Gasteiger partial charge is 0.312 e. The molecule has 2 atom stereocenters. The Balaban J connectivity index is 1.74. The van der Waals surface area contributed by atoms with Gasteiger partial charge in [0, 0.05) is 11.3 Å². The Labute approximate surface area is 129 Å². The van der Waals surface area contributed by atoms with Crippen molar-refractivity contribution in [1.82, 2.24) is 25.5 Å². The summed E-state index contributed by atoms with van der Waals surface area (Å²) in [6.45, 7) is 4.33. The molecule has 112 valence electrons. The highest BCUT2D eigenvalue weighted by molar-refractivity contribution is 7.99. The monoisotopic (exact) mass is 303 g/mol. The molecule has 1 N–H and O–H groups in total. The molecule has 0 spiro atoms. The first-order chi connectivity index (χ1) is 10.2. The second-order valence-corrected chi connectivity index (χ2v) is 6.98. The number of tetrazole rings is 1. The van der Waals surface area contributed by atoms with Crippen molar-refractivity contribution in [3.63, 3.8) is 0 Å². The van der Waals surface area contributed by atoms with Gasteiger partial charge in [0.05, 0.1) is 6.04 Å². The third-order valence-electron chi connectivity index (χ3n) is 3.86. The average molecular weight is 303 g/mol. The number of benzene rings is 1. The summed E-state index contributed by atoms with van der Waals surface area (Å²) in [6.07, 6.45) is 2.39. The van der Waals surface area contributed by atoms with Crippen LogP contribution in [-0.4, -0.2) is 32.5 Å². The Kier molecular flexibility index (Phi) is 4.26. The van der Waals surface area contributed by atoms with Crippen LogP contribution in [-0.2, 0) is 0 Å². The average Bonchev–Trinajstić information content (AvgIpc) is 3.22. The molecule has 1 saturated carbocycles. The molecule has 2 unspecified atom stereocenters. The first-order valence-electron chi connectivity index (χ1n) is 7.37. The Morgan fingerprint density at radius 3 is 2.62 bits per heavy atom. The molecule has 6 heteroatoms. The molecule has 1 aliphatic carbocycles. The van der Waals surface area contributed by atoms with Crippen LogP contribution in [0.1, 0.15) is 43.0 Å². The molecule has 0 aliphatic heterocycles. The highest BCUT2D eigenvalue weighted by Crippen LogP contribution is 2.38. The molecular formula is C15H21N5S. The summed E-state index contributed by atoms with van der Waals surface area (Å²) in [4.78, 5) is 0. The fraction of sp³-hybridized carbons (Fsp3) is 0.533. The lowest BCUT2D eigenvalue weighted by Crippen LogP contribution is -2.25. The molecule has 5 nitrogen and oxygen atoms in total. The number of aromatic nitrogens is 4. The Morgan fingerprint density at radius 2 is 2.00 bits per heavy atom. The van der Waals surface area contributed by atoms with E-state index in [2.05, 4.69) is 59.0 Å². The van der Waals surface area contributed by atoms with Gasteiger partial charge in [-0.3, -0.25) is 0 Å². The molecule has 1 aliphatic rings. The van der Waals surface area contributed by atoms with Gasteiger partial charge in [-0.25, -0.2) is 4.68 Å². The highest BCUT2D eigenvalue weighted by atomic mass is 32.2. The summed E-state index contributed by atoms with van der Waals surface area (Å²) in [5.74, 6) is 0. The molecule has 0 amide bonds. The van der Waals surface area contributed by atoms with Gasteiger partial charge in [0.2, 0.25) is 5.16 Å². The van der Waals surface area contributed by atoms with Crippen molar-refractivity contribution in [2.24, 2.45) is 0 Å². The summed E-state index contributed by atoms with van der Waals surface area (Å²) in [7, 11) is 2.01. The van der Waals surface area contributed by atoms with Gasteiger partial charge in [-0.1, -0.05) is 48.5 Å². The van der Waals surface area contributed by atoms with Gasteiger partial charge in [-0.2, -0.15) is 0 Å². The first-order valence-corrected chi connectivity index (χ1v) is 8.25. The lowest BCUT2D eigenvalue weighted by atomic mass is 10.0. The second-order valence-electron chi connectivity index (χ2n) is 5.64. The van der Waals surface area contributed by atoms with Crippen LogP contribution in [0.25, 0.3) is 0 Å². The smallest absolute Gasteiger partial charge is 0.209 e. The van der Waals surface area contributed by atoms with Crippen LogP contribution in [0.4, 0.5) is 0 Å². The third kappa shape index (κ3) is 3.27. The number of hydrogen-bond donors (Lipinski definition) is 1. The van der Waals surface area contributed by atoms with Crippen molar-refractivity contribution in [2.45, 2.75) is 49.2 Å². The van der Waals surface area contributed by atoms with E-state index in [9.17, 15) is 0 Å². The first kappa shape index (κ1) is 14.5. The van der Waals surface area contributed by atoms with Gasteiger partial charge in [0.25, 0.3) is 0 Å². The molecule has 0 radical (unpaired) electrons. The van der Waals surface area contributed by atoms with Gasteiger partial charge in [0.1, 0.15) is 0 Å². The van der Waals surface area contributed by atoms with Crippen molar-refractivity contribution in [2.75, 3.05) is 7.05 Å². The van der Waals surface area contributed by atoms with Crippen LogP contribution in [0.3, 0.4) is 0 Å². The molecule has 3 rings (SSSR count). The van der Waals surface area contributed by atoms with Crippen LogP contribution < -0.4 is 5.32 Å². The fourth-order valence-electron chi connectivity index (χ4n) is 2.49. The van der Waals surface area contributed by atoms with E-state index < -0.39 is 0 Å². The molecule has 21 heavy (non-hydrogen) atoms. The fourth-order valence-corrected chi connectivity index (χ4v) is 3.63. The van der Waals surface area contributed by atoms with E-state index in [1.165, 1.54) is 24.0 Å². The van der Waals surface area contributed by atoms with E-state index in [-0.39, 0.29) is 6.04 Å². The van der Waals surface area contributed by atoms with E-state index in [0.29, 0.717) is 11.3 Å². The second kappa shape index (κ2) is 6.15. The minimum Gasteiger partial charge on any atom is -0.312 e. The van der Waals surface area contributed by atoms with Crippen LogP contribution in [0, 0.1) is 6.92 Å². The quantitative estimate of drug-likeness (QED) is 0.832. The van der Waals surface area contributed by atoms with Crippen molar-refractivity contribution in [3.05, 3.63) is 35.4 Å². The Morgan fingerprint density at radius 1 is 1.29 bits per heavy atom. The molecule has 1 aromatic heterocycles. The molecule has 0 bridgehead atoms. The van der Waals surface area contributed by atoms with Gasteiger partial charge < -0.3 is 5.32 Å². The molecule has 2 aromatic rings. The van der Waals surface area contributed by atoms with Crippen molar-refractivity contribution < 1.29 is 0 Å². The lowest BCUT2D eigenvalue weighted by molar-refractivity contribution is 0.557. The SMILES string of the molecule is CNC(c1ccc(C)cc1)C(C)Sc1nnnn1C1CC1. The van der Waals surface area contributed by atoms with Gasteiger partial charge >= 0.3 is 0 Å². The van der Waals surface area contributed by atoms with E-state index in [4.69, 9.17) is 0 Å². The molecule has 1 aromatic carbocycles. The highest BCUT2D eigenvalue weighted by Gasteiger charge is 2.29. The summed E-state index contributed by atoms with van der Waals surface area (Å²) in [5, 5.41) is 16.8. The Bertz CT molecular complexity index is 590. The standard InChI is InChI=1S/C15H21N5S/c1-10-4-6-12(7-5-10)14(16-3)11(2)21-15-17-18-19-20(15)13-8-9-13/h4-7,11,13-14,16H,8-9H2,1-3H3. The summed E-state index contributed by atoms with van der Waals surface area (Å²) in [6, 6.07) is 9.49. The molecule has 0 saturated heterocycles. The zero-order chi connectivity index (χ0) is 14.8. The van der Waals surface area contributed by atoms with Gasteiger partial charge in [-0.15, -0.1) is 5.10 Å². The third-order valence-corrected chi connectivity index (χ3v) is 4.99. The minimum atomic E-state index is 0.278. The van der Waals surface area contributed by atoms with Crippen molar-refractivity contribution in [1.29, 1.82) is 0 Å².